The van der Waals surface area contributed by atoms with Gasteiger partial charge in [0, 0.05) is 25.0 Å². The third-order valence-electron chi connectivity index (χ3n) is 5.56. The lowest BCUT2D eigenvalue weighted by Crippen LogP contribution is -2.28. The maximum atomic E-state index is 13.4. The first-order valence-electron chi connectivity index (χ1n) is 9.43. The van der Waals surface area contributed by atoms with Crippen LogP contribution in [0.15, 0.2) is 18.3 Å². The molecule has 2 aliphatic rings. The summed E-state index contributed by atoms with van der Waals surface area (Å²) in [5.41, 5.74) is -0.814. The van der Waals surface area contributed by atoms with Crippen LogP contribution in [-0.2, 0) is 17.5 Å². The van der Waals surface area contributed by atoms with Gasteiger partial charge in [0.1, 0.15) is 11.4 Å². The van der Waals surface area contributed by atoms with Crippen molar-refractivity contribution in [2.45, 2.75) is 32.5 Å². The second-order valence-corrected chi connectivity index (χ2v) is 7.51. The van der Waals surface area contributed by atoms with Crippen LogP contribution in [0.2, 0.25) is 0 Å². The molecule has 1 saturated heterocycles. The fourth-order valence-corrected chi connectivity index (χ4v) is 3.86. The first-order chi connectivity index (χ1) is 14.0. The van der Waals surface area contributed by atoms with Crippen molar-refractivity contribution in [2.24, 2.45) is 11.8 Å². The summed E-state index contributed by atoms with van der Waals surface area (Å²) in [4.78, 5) is 18.1. The molecule has 6 nitrogen and oxygen atoms in total. The van der Waals surface area contributed by atoms with Gasteiger partial charge in [-0.3, -0.25) is 4.68 Å². The average Bonchev–Trinajstić information content (AvgIpc) is 3.09. The molecule has 1 aliphatic heterocycles. The van der Waals surface area contributed by atoms with Gasteiger partial charge in [0.25, 0.3) is 5.92 Å². The number of esters is 1. The van der Waals surface area contributed by atoms with Gasteiger partial charge in [-0.15, -0.1) is 0 Å². The molecule has 1 aliphatic carbocycles. The van der Waals surface area contributed by atoms with E-state index in [1.54, 1.807) is 24.0 Å². The third kappa shape index (κ3) is 3.50. The van der Waals surface area contributed by atoms with Crippen molar-refractivity contribution in [1.82, 2.24) is 14.8 Å². The number of alkyl halides is 5. The Morgan fingerprint density at radius 3 is 2.50 bits per heavy atom. The van der Waals surface area contributed by atoms with E-state index in [1.807, 2.05) is 0 Å². The monoisotopic (exact) mass is 430 g/mol. The lowest BCUT2D eigenvalue weighted by atomic mass is 10.2. The fourth-order valence-electron chi connectivity index (χ4n) is 3.86. The number of nitrogens with zero attached hydrogens (tertiary/aromatic N) is 4. The summed E-state index contributed by atoms with van der Waals surface area (Å²) in [5.74, 6) is -4.39. The topological polar surface area (TPSA) is 60.2 Å². The second kappa shape index (κ2) is 6.92. The van der Waals surface area contributed by atoms with E-state index < -0.39 is 41.2 Å². The molecule has 0 amide bonds. The first-order valence-corrected chi connectivity index (χ1v) is 9.43. The van der Waals surface area contributed by atoms with E-state index in [1.165, 1.54) is 6.92 Å². The average molecular weight is 430 g/mol. The zero-order valence-electron chi connectivity index (χ0n) is 16.2. The predicted molar refractivity (Wildman–Crippen MR) is 95.4 cm³/mol. The Morgan fingerprint density at radius 1 is 1.27 bits per heavy atom. The van der Waals surface area contributed by atoms with Crippen LogP contribution < -0.4 is 4.90 Å². The SMILES string of the molecule is CCOC(=O)c1cn(Cc2ccc(N3CC4C(C3)C4(F)F)nc2C)nc1C(F)(F)F. The Hall–Kier alpha value is -2.72. The number of aromatic nitrogens is 3. The van der Waals surface area contributed by atoms with Crippen molar-refractivity contribution in [3.05, 3.63) is 40.8 Å². The Labute approximate surface area is 168 Å². The van der Waals surface area contributed by atoms with E-state index in [4.69, 9.17) is 0 Å². The molecule has 2 aromatic heterocycles. The quantitative estimate of drug-likeness (QED) is 0.537. The summed E-state index contributed by atoms with van der Waals surface area (Å²) in [6, 6.07) is 3.34. The number of carbonyl (C=O) groups excluding carboxylic acids is 1. The predicted octanol–water partition coefficient (Wildman–Crippen LogP) is 3.53. The van der Waals surface area contributed by atoms with Gasteiger partial charge in [-0.25, -0.2) is 18.6 Å². The lowest BCUT2D eigenvalue weighted by Gasteiger charge is -2.21. The van der Waals surface area contributed by atoms with Crippen molar-refractivity contribution < 1.29 is 31.5 Å². The van der Waals surface area contributed by atoms with Crippen LogP contribution in [0.5, 0.6) is 0 Å². The number of pyridine rings is 1. The number of fused-ring (bicyclic) bond motifs is 1. The van der Waals surface area contributed by atoms with Gasteiger partial charge in [0.05, 0.1) is 25.0 Å². The number of ether oxygens (including phenoxy) is 1. The number of anilines is 1. The summed E-state index contributed by atoms with van der Waals surface area (Å²) in [5, 5.41) is 3.52. The minimum atomic E-state index is -4.80. The van der Waals surface area contributed by atoms with Crippen molar-refractivity contribution in [3.63, 3.8) is 0 Å². The van der Waals surface area contributed by atoms with Gasteiger partial charge in [-0.2, -0.15) is 18.3 Å². The molecule has 162 valence electrons. The molecule has 2 aromatic rings. The van der Waals surface area contributed by atoms with Gasteiger partial charge < -0.3 is 9.64 Å². The molecule has 0 spiro atoms. The number of aryl methyl sites for hydroxylation is 1. The highest BCUT2D eigenvalue weighted by molar-refractivity contribution is 5.90. The van der Waals surface area contributed by atoms with Crippen molar-refractivity contribution >= 4 is 11.8 Å². The van der Waals surface area contributed by atoms with Crippen LogP contribution in [-0.4, -0.2) is 46.4 Å². The van der Waals surface area contributed by atoms with E-state index >= 15 is 0 Å². The molecule has 0 aromatic carbocycles. The summed E-state index contributed by atoms with van der Waals surface area (Å²) >= 11 is 0. The highest BCUT2D eigenvalue weighted by Crippen LogP contribution is 2.59. The number of rotatable bonds is 5. The van der Waals surface area contributed by atoms with E-state index in [2.05, 4.69) is 14.8 Å². The van der Waals surface area contributed by atoms with E-state index in [0.717, 1.165) is 10.9 Å². The molecule has 2 fully saturated rings. The number of halogens is 5. The lowest BCUT2D eigenvalue weighted by molar-refractivity contribution is -0.142. The van der Waals surface area contributed by atoms with Crippen LogP contribution in [0.3, 0.4) is 0 Å². The minimum absolute atomic E-state index is 0.0368. The Bertz CT molecular complexity index is 974. The molecule has 0 radical (unpaired) electrons. The zero-order chi connectivity index (χ0) is 21.8. The first kappa shape index (κ1) is 20.5. The molecule has 1 saturated carbocycles. The molecule has 2 unspecified atom stereocenters. The molecule has 3 heterocycles. The molecule has 4 rings (SSSR count). The van der Waals surface area contributed by atoms with Gasteiger partial charge in [-0.1, -0.05) is 6.07 Å². The van der Waals surface area contributed by atoms with Gasteiger partial charge in [-0.05, 0) is 25.5 Å². The van der Waals surface area contributed by atoms with Crippen molar-refractivity contribution in [2.75, 3.05) is 24.6 Å². The second-order valence-electron chi connectivity index (χ2n) is 7.51. The van der Waals surface area contributed by atoms with E-state index in [0.29, 0.717) is 17.1 Å². The van der Waals surface area contributed by atoms with E-state index in [-0.39, 0.29) is 26.2 Å². The minimum Gasteiger partial charge on any atom is -0.462 e. The maximum absolute atomic E-state index is 13.4. The van der Waals surface area contributed by atoms with Crippen molar-refractivity contribution in [1.29, 1.82) is 0 Å². The molecular formula is C19H19F5N4O2. The number of hydrogen-bond donors (Lipinski definition) is 0. The Morgan fingerprint density at radius 2 is 1.93 bits per heavy atom. The highest BCUT2D eigenvalue weighted by atomic mass is 19.4. The zero-order valence-corrected chi connectivity index (χ0v) is 16.2. The molecular weight excluding hydrogens is 411 g/mol. The number of hydrogen-bond acceptors (Lipinski definition) is 5. The van der Waals surface area contributed by atoms with Gasteiger partial charge in [0.15, 0.2) is 5.69 Å². The van der Waals surface area contributed by atoms with Crippen molar-refractivity contribution in [3.8, 4) is 0 Å². The molecule has 30 heavy (non-hydrogen) atoms. The highest BCUT2D eigenvalue weighted by Gasteiger charge is 2.71. The standard InChI is InChI=1S/C19H19F5N4O2/c1-3-30-17(29)12-7-28(26-16(12)19(22,23)24)6-11-4-5-15(25-10(11)2)27-8-13-14(9-27)18(13,20)21/h4-5,7,13-14H,3,6,8-9H2,1-2H3. The number of piperidine rings is 1. The molecule has 0 N–H and O–H groups in total. The Balaban J connectivity index is 1.53. The van der Waals surface area contributed by atoms with Gasteiger partial charge in [0.2, 0.25) is 0 Å². The normalized spacial score (nSPS) is 22.2. The fraction of sp³-hybridized carbons (Fsp3) is 0.526. The summed E-state index contributed by atoms with van der Waals surface area (Å²) in [6.45, 7) is 3.56. The molecule has 2 atom stereocenters. The molecule has 0 bridgehead atoms. The summed E-state index contributed by atoms with van der Waals surface area (Å²) in [6.07, 6.45) is -3.80. The smallest absolute Gasteiger partial charge is 0.436 e. The van der Waals surface area contributed by atoms with Crippen LogP contribution in [0.25, 0.3) is 0 Å². The summed E-state index contributed by atoms with van der Waals surface area (Å²) < 4.78 is 72.2. The maximum Gasteiger partial charge on any atom is 0.436 e. The van der Waals surface area contributed by atoms with Crippen LogP contribution in [0.4, 0.5) is 27.8 Å². The van der Waals surface area contributed by atoms with E-state index in [9.17, 15) is 26.7 Å². The summed E-state index contributed by atoms with van der Waals surface area (Å²) in [7, 11) is 0. The molecule has 11 heteroatoms. The third-order valence-corrected chi connectivity index (χ3v) is 5.56. The Kier molecular flexibility index (Phi) is 4.74. The van der Waals surface area contributed by atoms with Crippen LogP contribution in [0, 0.1) is 18.8 Å². The van der Waals surface area contributed by atoms with Gasteiger partial charge >= 0.3 is 12.1 Å². The number of carbonyl (C=O) groups is 1. The van der Waals surface area contributed by atoms with Crippen LogP contribution >= 0.6 is 0 Å². The largest absolute Gasteiger partial charge is 0.462 e. The van der Waals surface area contributed by atoms with Crippen LogP contribution in [0.1, 0.15) is 34.2 Å².